The number of carbonyl (C=O) groups is 1. The van der Waals surface area contributed by atoms with Crippen LogP contribution >= 0.6 is 0 Å². The van der Waals surface area contributed by atoms with E-state index in [1.807, 2.05) is 48.5 Å². The van der Waals surface area contributed by atoms with Crippen LogP contribution < -0.4 is 4.90 Å². The molecule has 0 bridgehead atoms. The van der Waals surface area contributed by atoms with E-state index in [4.69, 9.17) is 9.72 Å². The summed E-state index contributed by atoms with van der Waals surface area (Å²) in [5.74, 6) is 0.742. The number of hydrogen-bond donors (Lipinski definition) is 1. The lowest BCUT2D eigenvalue weighted by atomic mass is 10.1. The molecule has 1 N–H and O–H groups in total. The number of rotatable bonds is 7. The van der Waals surface area contributed by atoms with Crippen molar-refractivity contribution in [1.82, 2.24) is 30.0 Å². The molecule has 1 aliphatic rings. The van der Waals surface area contributed by atoms with E-state index >= 15 is 0 Å². The smallest absolute Gasteiger partial charge is 0.410 e. The van der Waals surface area contributed by atoms with Crippen LogP contribution in [-0.2, 0) is 17.8 Å². The van der Waals surface area contributed by atoms with Crippen molar-refractivity contribution < 1.29 is 9.53 Å². The number of hydrogen-bond acceptors (Lipinski definition) is 7. The molecular formula is C31H29N7O2. The van der Waals surface area contributed by atoms with E-state index in [-0.39, 0.29) is 6.09 Å². The molecule has 6 rings (SSSR count). The summed E-state index contributed by atoms with van der Waals surface area (Å²) in [6.07, 6.45) is 7.48. The van der Waals surface area contributed by atoms with Gasteiger partial charge < -0.3 is 14.5 Å². The highest BCUT2D eigenvalue weighted by molar-refractivity contribution is 5.77. The molecule has 0 saturated carbocycles. The zero-order valence-electron chi connectivity index (χ0n) is 22.0. The Bertz CT molecular complexity index is 1550. The van der Waals surface area contributed by atoms with Crippen LogP contribution in [0.25, 0.3) is 22.5 Å². The Kier molecular flexibility index (Phi) is 7.43. The van der Waals surface area contributed by atoms with Crippen molar-refractivity contribution in [3.63, 3.8) is 0 Å². The van der Waals surface area contributed by atoms with Gasteiger partial charge >= 0.3 is 6.09 Å². The number of aromatic nitrogens is 5. The van der Waals surface area contributed by atoms with E-state index in [1.54, 1.807) is 29.7 Å². The van der Waals surface area contributed by atoms with Gasteiger partial charge in [-0.05, 0) is 41.5 Å². The number of anilines is 1. The summed E-state index contributed by atoms with van der Waals surface area (Å²) in [6, 6.07) is 24.0. The first kappa shape index (κ1) is 25.2. The maximum atomic E-state index is 12.5. The van der Waals surface area contributed by atoms with Gasteiger partial charge in [-0.2, -0.15) is 5.10 Å². The molecule has 1 saturated heterocycles. The van der Waals surface area contributed by atoms with E-state index in [0.29, 0.717) is 26.1 Å². The molecule has 0 aliphatic carbocycles. The number of aromatic amines is 1. The monoisotopic (exact) mass is 531 g/mol. The quantitative estimate of drug-likeness (QED) is 0.316. The molecule has 1 fully saturated rings. The molecular weight excluding hydrogens is 502 g/mol. The van der Waals surface area contributed by atoms with Crippen molar-refractivity contribution in [3.05, 3.63) is 115 Å². The summed E-state index contributed by atoms with van der Waals surface area (Å²) < 4.78 is 5.49. The first-order valence-corrected chi connectivity index (χ1v) is 13.3. The molecule has 2 aromatic carbocycles. The Morgan fingerprint density at radius 3 is 2.45 bits per heavy atom. The maximum Gasteiger partial charge on any atom is 0.410 e. The molecule has 40 heavy (non-hydrogen) atoms. The zero-order chi connectivity index (χ0) is 27.1. The minimum atomic E-state index is -0.260. The molecule has 0 unspecified atom stereocenters. The predicted octanol–water partition coefficient (Wildman–Crippen LogP) is 4.98. The van der Waals surface area contributed by atoms with Crippen molar-refractivity contribution in [2.75, 3.05) is 31.1 Å². The highest BCUT2D eigenvalue weighted by Gasteiger charge is 2.22. The van der Waals surface area contributed by atoms with Gasteiger partial charge in [-0.25, -0.2) is 14.8 Å². The van der Waals surface area contributed by atoms with Crippen LogP contribution in [0, 0.1) is 0 Å². The largest absolute Gasteiger partial charge is 0.445 e. The fourth-order valence-electron chi connectivity index (χ4n) is 4.81. The number of benzene rings is 2. The third-order valence-corrected chi connectivity index (χ3v) is 6.98. The fraction of sp³-hybridized carbons (Fsp3) is 0.194. The summed E-state index contributed by atoms with van der Waals surface area (Å²) in [5, 5.41) is 7.30. The minimum absolute atomic E-state index is 0.260. The summed E-state index contributed by atoms with van der Waals surface area (Å²) in [6.45, 7) is 3.07. The molecule has 0 radical (unpaired) electrons. The standard InChI is InChI=1S/C31H29N7O2/c39-31(40-22-24-5-2-1-3-6-24)38-17-15-37(16-18-38)26-10-8-23(9-11-26)19-29-33-14-12-28(35-29)27-21-34-36-30(27)25-7-4-13-32-20-25/h1-14,20-21H,15-19,22H2,(H,34,36). The Labute approximate surface area is 232 Å². The van der Waals surface area contributed by atoms with Crippen LogP contribution in [0.3, 0.4) is 0 Å². The second-order valence-corrected chi connectivity index (χ2v) is 9.62. The van der Waals surface area contributed by atoms with Gasteiger partial charge in [0.25, 0.3) is 0 Å². The Morgan fingerprint density at radius 2 is 1.68 bits per heavy atom. The van der Waals surface area contributed by atoms with Crippen LogP contribution in [-0.4, -0.2) is 62.3 Å². The van der Waals surface area contributed by atoms with Gasteiger partial charge in [0.1, 0.15) is 12.4 Å². The van der Waals surface area contributed by atoms with Gasteiger partial charge in [0.05, 0.1) is 17.6 Å². The Balaban J connectivity index is 1.05. The topological polar surface area (TPSA) is 100 Å². The van der Waals surface area contributed by atoms with E-state index in [2.05, 4.69) is 49.3 Å². The first-order chi connectivity index (χ1) is 19.7. The lowest BCUT2D eigenvalue weighted by Crippen LogP contribution is -2.48. The highest BCUT2D eigenvalue weighted by Crippen LogP contribution is 2.28. The van der Waals surface area contributed by atoms with Crippen LogP contribution in [0.1, 0.15) is 17.0 Å². The van der Waals surface area contributed by atoms with Crippen molar-refractivity contribution in [1.29, 1.82) is 0 Å². The average molecular weight is 532 g/mol. The molecule has 1 aliphatic heterocycles. The Hall–Kier alpha value is -5.05. The molecule has 0 atom stereocenters. The summed E-state index contributed by atoms with van der Waals surface area (Å²) in [4.78, 5) is 30.1. The van der Waals surface area contributed by atoms with E-state index in [0.717, 1.165) is 58.2 Å². The van der Waals surface area contributed by atoms with E-state index in [9.17, 15) is 4.79 Å². The third kappa shape index (κ3) is 5.83. The van der Waals surface area contributed by atoms with Gasteiger partial charge in [0.2, 0.25) is 0 Å². The van der Waals surface area contributed by atoms with Crippen molar-refractivity contribution in [3.8, 4) is 22.5 Å². The van der Waals surface area contributed by atoms with E-state index < -0.39 is 0 Å². The summed E-state index contributed by atoms with van der Waals surface area (Å²) in [5.41, 5.74) is 6.81. The van der Waals surface area contributed by atoms with Gasteiger partial charge in [-0.1, -0.05) is 42.5 Å². The number of carbonyl (C=O) groups excluding carboxylic acids is 1. The van der Waals surface area contributed by atoms with Crippen molar-refractivity contribution >= 4 is 11.8 Å². The van der Waals surface area contributed by atoms with Crippen molar-refractivity contribution in [2.45, 2.75) is 13.0 Å². The van der Waals surface area contributed by atoms with Gasteiger partial charge in [-0.3, -0.25) is 10.1 Å². The molecule has 3 aromatic heterocycles. The normalized spacial score (nSPS) is 13.3. The van der Waals surface area contributed by atoms with E-state index in [1.165, 1.54) is 0 Å². The number of piperazine rings is 1. The van der Waals surface area contributed by atoms with Crippen LogP contribution in [0.4, 0.5) is 10.5 Å². The number of H-pyrrole nitrogens is 1. The number of ether oxygens (including phenoxy) is 1. The molecule has 1 amide bonds. The molecule has 9 heteroatoms. The second kappa shape index (κ2) is 11.8. The zero-order valence-corrected chi connectivity index (χ0v) is 22.0. The maximum absolute atomic E-state index is 12.5. The third-order valence-electron chi connectivity index (χ3n) is 6.98. The molecule has 4 heterocycles. The second-order valence-electron chi connectivity index (χ2n) is 9.62. The van der Waals surface area contributed by atoms with Gasteiger partial charge in [0, 0.05) is 68.0 Å². The SMILES string of the molecule is O=C(OCc1ccccc1)N1CCN(c2ccc(Cc3nccc(-c4cn[nH]c4-c4cccnc4)n3)cc2)CC1. The predicted molar refractivity (Wildman–Crippen MR) is 153 cm³/mol. The summed E-state index contributed by atoms with van der Waals surface area (Å²) in [7, 11) is 0. The van der Waals surface area contributed by atoms with Crippen molar-refractivity contribution in [2.24, 2.45) is 0 Å². The molecule has 0 spiro atoms. The number of nitrogens with one attached hydrogen (secondary N) is 1. The van der Waals surface area contributed by atoms with Gasteiger partial charge in [0.15, 0.2) is 0 Å². The minimum Gasteiger partial charge on any atom is -0.445 e. The number of pyridine rings is 1. The molecule has 200 valence electrons. The van der Waals surface area contributed by atoms with Crippen LogP contribution in [0.2, 0.25) is 0 Å². The lowest BCUT2D eigenvalue weighted by Gasteiger charge is -2.35. The van der Waals surface area contributed by atoms with Gasteiger partial charge in [-0.15, -0.1) is 0 Å². The fourth-order valence-corrected chi connectivity index (χ4v) is 4.81. The summed E-state index contributed by atoms with van der Waals surface area (Å²) >= 11 is 0. The lowest BCUT2D eigenvalue weighted by molar-refractivity contribution is 0.0942. The average Bonchev–Trinajstić information content (AvgIpc) is 3.52. The van der Waals surface area contributed by atoms with Crippen LogP contribution in [0.15, 0.2) is 97.6 Å². The molecule has 5 aromatic rings. The molecule has 9 nitrogen and oxygen atoms in total. The number of amides is 1. The highest BCUT2D eigenvalue weighted by atomic mass is 16.6. The first-order valence-electron chi connectivity index (χ1n) is 13.3. The van der Waals surface area contributed by atoms with Crippen LogP contribution in [0.5, 0.6) is 0 Å². The number of nitrogens with zero attached hydrogens (tertiary/aromatic N) is 6. The Morgan fingerprint density at radius 1 is 0.850 bits per heavy atom.